The van der Waals surface area contributed by atoms with E-state index in [0.717, 1.165) is 19.4 Å². The second-order valence-corrected chi connectivity index (χ2v) is 4.53. The van der Waals surface area contributed by atoms with E-state index in [1.54, 1.807) is 0 Å². The van der Waals surface area contributed by atoms with E-state index in [9.17, 15) is 0 Å². The minimum Gasteiger partial charge on any atom is -0.396 e. The van der Waals surface area contributed by atoms with Crippen LogP contribution in [0.3, 0.4) is 0 Å². The van der Waals surface area contributed by atoms with E-state index in [2.05, 4.69) is 13.8 Å². The minimum absolute atomic E-state index is 0.346. The Bertz CT molecular complexity index is 126. The maximum Gasteiger partial charge on any atom is 0.0572 e. The summed E-state index contributed by atoms with van der Waals surface area (Å²) in [6.07, 6.45) is 11.2. The summed E-state index contributed by atoms with van der Waals surface area (Å²) >= 11 is 0. The molecular formula is C14H30O2. The predicted molar refractivity (Wildman–Crippen MR) is 69.7 cm³/mol. The molecule has 1 atom stereocenters. The van der Waals surface area contributed by atoms with Crippen molar-refractivity contribution in [1.82, 2.24) is 0 Å². The average molecular weight is 230 g/mol. The monoisotopic (exact) mass is 230 g/mol. The highest BCUT2D eigenvalue weighted by atomic mass is 16.5. The number of aliphatic hydroxyl groups is 1. The predicted octanol–water partition coefficient (Wildman–Crippen LogP) is 3.91. The molecule has 0 rings (SSSR count). The lowest BCUT2D eigenvalue weighted by Gasteiger charge is -2.14. The van der Waals surface area contributed by atoms with E-state index in [-0.39, 0.29) is 0 Å². The standard InChI is InChI=1S/C14H30O2/c1-3-11-14(4-2)16-13-10-8-6-5-7-9-12-15/h14-15H,3-13H2,1-2H3. The van der Waals surface area contributed by atoms with Crippen LogP contribution >= 0.6 is 0 Å². The normalized spacial score (nSPS) is 12.9. The molecule has 0 bridgehead atoms. The van der Waals surface area contributed by atoms with Gasteiger partial charge in [0.05, 0.1) is 6.10 Å². The van der Waals surface area contributed by atoms with Crippen LogP contribution in [-0.4, -0.2) is 24.4 Å². The lowest BCUT2D eigenvalue weighted by molar-refractivity contribution is 0.0419. The first kappa shape index (κ1) is 15.9. The van der Waals surface area contributed by atoms with Gasteiger partial charge in [-0.05, 0) is 25.7 Å². The summed E-state index contributed by atoms with van der Waals surface area (Å²) in [6, 6.07) is 0. The minimum atomic E-state index is 0.346. The third-order valence-corrected chi connectivity index (χ3v) is 2.97. The molecule has 0 saturated carbocycles. The molecular weight excluding hydrogens is 200 g/mol. The highest BCUT2D eigenvalue weighted by molar-refractivity contribution is 4.54. The molecule has 0 aliphatic rings. The molecule has 0 aromatic carbocycles. The van der Waals surface area contributed by atoms with Gasteiger partial charge < -0.3 is 9.84 Å². The van der Waals surface area contributed by atoms with Crippen LogP contribution in [0.15, 0.2) is 0 Å². The number of hydrogen-bond acceptors (Lipinski definition) is 2. The number of ether oxygens (including phenoxy) is 1. The van der Waals surface area contributed by atoms with Gasteiger partial charge in [0, 0.05) is 13.2 Å². The van der Waals surface area contributed by atoms with E-state index in [1.807, 2.05) is 0 Å². The van der Waals surface area contributed by atoms with Crippen LogP contribution in [0.4, 0.5) is 0 Å². The van der Waals surface area contributed by atoms with E-state index < -0.39 is 0 Å². The summed E-state index contributed by atoms with van der Waals surface area (Å²) < 4.78 is 5.82. The molecule has 0 saturated heterocycles. The Labute approximate surface area is 101 Å². The van der Waals surface area contributed by atoms with Crippen molar-refractivity contribution >= 4 is 0 Å². The molecule has 0 aromatic rings. The zero-order chi connectivity index (χ0) is 12.1. The lowest BCUT2D eigenvalue weighted by Crippen LogP contribution is -2.12. The number of hydrogen-bond donors (Lipinski definition) is 1. The first-order valence-corrected chi connectivity index (χ1v) is 7.07. The van der Waals surface area contributed by atoms with Crippen molar-refractivity contribution in [3.8, 4) is 0 Å². The van der Waals surface area contributed by atoms with Crippen molar-refractivity contribution < 1.29 is 9.84 Å². The summed E-state index contributed by atoms with van der Waals surface area (Å²) in [5.74, 6) is 0. The lowest BCUT2D eigenvalue weighted by atomic mass is 10.1. The third-order valence-electron chi connectivity index (χ3n) is 2.97. The van der Waals surface area contributed by atoms with Crippen molar-refractivity contribution in [2.45, 2.75) is 77.7 Å². The fraction of sp³-hybridized carbons (Fsp3) is 1.00. The Balaban J connectivity index is 3.12. The van der Waals surface area contributed by atoms with Gasteiger partial charge in [0.1, 0.15) is 0 Å². The molecule has 0 aliphatic heterocycles. The zero-order valence-electron chi connectivity index (χ0n) is 11.2. The van der Waals surface area contributed by atoms with Crippen LogP contribution < -0.4 is 0 Å². The third kappa shape index (κ3) is 10.4. The topological polar surface area (TPSA) is 29.5 Å². The molecule has 98 valence electrons. The highest BCUT2D eigenvalue weighted by Gasteiger charge is 2.03. The number of aliphatic hydroxyl groups excluding tert-OH is 1. The molecule has 1 N–H and O–H groups in total. The van der Waals surface area contributed by atoms with Crippen LogP contribution in [0.2, 0.25) is 0 Å². The van der Waals surface area contributed by atoms with Gasteiger partial charge >= 0.3 is 0 Å². The van der Waals surface area contributed by atoms with Crippen molar-refractivity contribution in [3.05, 3.63) is 0 Å². The second kappa shape index (κ2) is 13.0. The Morgan fingerprint density at radius 2 is 1.56 bits per heavy atom. The molecule has 1 unspecified atom stereocenters. The summed E-state index contributed by atoms with van der Waals surface area (Å²) in [6.45, 7) is 5.69. The molecule has 0 radical (unpaired) electrons. The molecule has 2 heteroatoms. The first-order chi connectivity index (χ1) is 7.85. The maximum absolute atomic E-state index is 8.63. The van der Waals surface area contributed by atoms with E-state index >= 15 is 0 Å². The molecule has 2 nitrogen and oxygen atoms in total. The summed E-state index contributed by atoms with van der Waals surface area (Å²) in [5, 5.41) is 8.63. The van der Waals surface area contributed by atoms with Crippen molar-refractivity contribution in [2.75, 3.05) is 13.2 Å². The summed E-state index contributed by atoms with van der Waals surface area (Å²) in [5.41, 5.74) is 0. The van der Waals surface area contributed by atoms with Crippen molar-refractivity contribution in [3.63, 3.8) is 0 Å². The maximum atomic E-state index is 8.63. The van der Waals surface area contributed by atoms with Gasteiger partial charge in [0.2, 0.25) is 0 Å². The van der Waals surface area contributed by atoms with Crippen LogP contribution in [0, 0.1) is 0 Å². The van der Waals surface area contributed by atoms with E-state index in [1.165, 1.54) is 44.9 Å². The Morgan fingerprint density at radius 1 is 0.938 bits per heavy atom. The quantitative estimate of drug-likeness (QED) is 0.515. The smallest absolute Gasteiger partial charge is 0.0572 e. The van der Waals surface area contributed by atoms with Crippen LogP contribution in [0.25, 0.3) is 0 Å². The Morgan fingerprint density at radius 3 is 2.12 bits per heavy atom. The second-order valence-electron chi connectivity index (χ2n) is 4.53. The van der Waals surface area contributed by atoms with Gasteiger partial charge in [0.15, 0.2) is 0 Å². The summed E-state index contributed by atoms with van der Waals surface area (Å²) in [4.78, 5) is 0. The molecule has 0 heterocycles. The van der Waals surface area contributed by atoms with Crippen molar-refractivity contribution in [1.29, 1.82) is 0 Å². The average Bonchev–Trinajstić information content (AvgIpc) is 2.31. The van der Waals surface area contributed by atoms with E-state index in [4.69, 9.17) is 9.84 Å². The fourth-order valence-corrected chi connectivity index (χ4v) is 1.90. The summed E-state index contributed by atoms with van der Waals surface area (Å²) in [7, 11) is 0. The fourth-order valence-electron chi connectivity index (χ4n) is 1.90. The van der Waals surface area contributed by atoms with Crippen molar-refractivity contribution in [2.24, 2.45) is 0 Å². The molecule has 0 amide bonds. The number of unbranched alkanes of at least 4 members (excludes halogenated alkanes) is 5. The highest BCUT2D eigenvalue weighted by Crippen LogP contribution is 2.09. The Kier molecular flexibility index (Phi) is 12.9. The zero-order valence-corrected chi connectivity index (χ0v) is 11.2. The van der Waals surface area contributed by atoms with Gasteiger partial charge in [-0.3, -0.25) is 0 Å². The van der Waals surface area contributed by atoms with Gasteiger partial charge in [-0.25, -0.2) is 0 Å². The molecule has 0 aromatic heterocycles. The van der Waals surface area contributed by atoms with Crippen LogP contribution in [-0.2, 0) is 4.74 Å². The molecule has 16 heavy (non-hydrogen) atoms. The van der Waals surface area contributed by atoms with E-state index in [0.29, 0.717) is 12.7 Å². The van der Waals surface area contributed by atoms with Gasteiger partial charge in [-0.15, -0.1) is 0 Å². The number of rotatable bonds is 12. The SMILES string of the molecule is CCCC(CC)OCCCCCCCCO. The van der Waals surface area contributed by atoms with Gasteiger partial charge in [-0.1, -0.05) is 46.0 Å². The largest absolute Gasteiger partial charge is 0.396 e. The van der Waals surface area contributed by atoms with Gasteiger partial charge in [0.25, 0.3) is 0 Å². The molecule has 0 spiro atoms. The molecule has 0 aliphatic carbocycles. The van der Waals surface area contributed by atoms with Crippen LogP contribution in [0.1, 0.15) is 71.6 Å². The Hall–Kier alpha value is -0.0800. The first-order valence-electron chi connectivity index (χ1n) is 7.07. The van der Waals surface area contributed by atoms with Crippen LogP contribution in [0.5, 0.6) is 0 Å². The van der Waals surface area contributed by atoms with Gasteiger partial charge in [-0.2, -0.15) is 0 Å². The molecule has 0 fully saturated rings.